The lowest BCUT2D eigenvalue weighted by Crippen LogP contribution is -2.10. The number of hydrogen-bond acceptors (Lipinski definition) is 4. The summed E-state index contributed by atoms with van der Waals surface area (Å²) < 4.78 is 18.7. The van der Waals surface area contributed by atoms with Gasteiger partial charge in [-0.2, -0.15) is 0 Å². The normalized spacial score (nSPS) is 10.1. The SMILES string of the molecule is COc1cccc(C(=O)c2ncccc2N)c1F. The van der Waals surface area contributed by atoms with Gasteiger partial charge in [-0.25, -0.2) is 4.39 Å². The fraction of sp³-hybridized carbons (Fsp3) is 0.0769. The first-order chi connectivity index (χ1) is 8.65. The number of halogens is 1. The smallest absolute Gasteiger partial charge is 0.216 e. The van der Waals surface area contributed by atoms with E-state index < -0.39 is 11.6 Å². The van der Waals surface area contributed by atoms with Crippen LogP contribution in [0, 0.1) is 5.82 Å². The molecule has 0 amide bonds. The highest BCUT2D eigenvalue weighted by Crippen LogP contribution is 2.23. The van der Waals surface area contributed by atoms with Gasteiger partial charge in [0.05, 0.1) is 18.4 Å². The zero-order chi connectivity index (χ0) is 13.1. The number of hydrogen-bond donors (Lipinski definition) is 1. The van der Waals surface area contributed by atoms with Gasteiger partial charge in [-0.05, 0) is 24.3 Å². The highest BCUT2D eigenvalue weighted by Gasteiger charge is 2.19. The Morgan fingerprint density at radius 2 is 2.11 bits per heavy atom. The summed E-state index contributed by atoms with van der Waals surface area (Å²) in [6.45, 7) is 0. The van der Waals surface area contributed by atoms with Crippen molar-refractivity contribution in [3.8, 4) is 5.75 Å². The highest BCUT2D eigenvalue weighted by atomic mass is 19.1. The van der Waals surface area contributed by atoms with Crippen LogP contribution in [-0.4, -0.2) is 17.9 Å². The van der Waals surface area contributed by atoms with Crippen LogP contribution in [-0.2, 0) is 0 Å². The van der Waals surface area contributed by atoms with Crippen molar-refractivity contribution < 1.29 is 13.9 Å². The molecule has 0 unspecified atom stereocenters. The Hall–Kier alpha value is -2.43. The van der Waals surface area contributed by atoms with Gasteiger partial charge in [-0.15, -0.1) is 0 Å². The zero-order valence-electron chi connectivity index (χ0n) is 9.68. The second-order valence-electron chi connectivity index (χ2n) is 3.59. The second-order valence-corrected chi connectivity index (χ2v) is 3.59. The summed E-state index contributed by atoms with van der Waals surface area (Å²) in [5.41, 5.74) is 5.78. The monoisotopic (exact) mass is 246 g/mol. The molecule has 0 bridgehead atoms. The number of nitrogens with two attached hydrogens (primary N) is 1. The van der Waals surface area contributed by atoms with Gasteiger partial charge in [-0.3, -0.25) is 9.78 Å². The molecule has 4 nitrogen and oxygen atoms in total. The summed E-state index contributed by atoms with van der Waals surface area (Å²) in [6, 6.07) is 7.49. The zero-order valence-corrected chi connectivity index (χ0v) is 9.68. The summed E-state index contributed by atoms with van der Waals surface area (Å²) in [6.07, 6.45) is 1.43. The number of nitrogen functional groups attached to an aromatic ring is 1. The molecule has 0 saturated heterocycles. The Morgan fingerprint density at radius 1 is 1.33 bits per heavy atom. The Kier molecular flexibility index (Phi) is 3.23. The van der Waals surface area contributed by atoms with E-state index in [2.05, 4.69) is 4.98 Å². The molecular weight excluding hydrogens is 235 g/mol. The first kappa shape index (κ1) is 12.0. The molecular formula is C13H11FN2O2. The van der Waals surface area contributed by atoms with E-state index in [9.17, 15) is 9.18 Å². The van der Waals surface area contributed by atoms with Crippen LogP contribution in [0.1, 0.15) is 16.1 Å². The number of anilines is 1. The number of pyridine rings is 1. The number of benzene rings is 1. The lowest BCUT2D eigenvalue weighted by molar-refractivity contribution is 0.103. The molecule has 1 aromatic heterocycles. The molecule has 0 aliphatic heterocycles. The summed E-state index contributed by atoms with van der Waals surface area (Å²) in [7, 11) is 1.34. The topological polar surface area (TPSA) is 65.2 Å². The van der Waals surface area contributed by atoms with Crippen LogP contribution in [0.15, 0.2) is 36.5 Å². The summed E-state index contributed by atoms with van der Waals surface area (Å²) in [5, 5.41) is 0. The molecule has 1 aromatic carbocycles. The van der Waals surface area contributed by atoms with Gasteiger partial charge in [-0.1, -0.05) is 6.07 Å². The minimum atomic E-state index is -0.713. The van der Waals surface area contributed by atoms with Crippen molar-refractivity contribution in [2.45, 2.75) is 0 Å². The molecule has 92 valence electrons. The standard InChI is InChI=1S/C13H11FN2O2/c1-18-10-6-2-4-8(11(10)14)13(17)12-9(15)5-3-7-16-12/h2-7H,15H2,1H3. The number of carbonyl (C=O) groups excluding carboxylic acids is 1. The van der Waals surface area contributed by atoms with Crippen LogP contribution >= 0.6 is 0 Å². The van der Waals surface area contributed by atoms with Crippen molar-refractivity contribution in [1.82, 2.24) is 4.98 Å². The predicted octanol–water partition coefficient (Wildman–Crippen LogP) is 2.04. The number of rotatable bonds is 3. The van der Waals surface area contributed by atoms with E-state index in [1.54, 1.807) is 6.07 Å². The van der Waals surface area contributed by atoms with Gasteiger partial charge in [0.15, 0.2) is 11.6 Å². The van der Waals surface area contributed by atoms with Crippen molar-refractivity contribution in [3.63, 3.8) is 0 Å². The van der Waals surface area contributed by atoms with E-state index in [4.69, 9.17) is 10.5 Å². The Balaban J connectivity index is 2.50. The molecule has 2 rings (SSSR count). The van der Waals surface area contributed by atoms with Gasteiger partial charge in [0, 0.05) is 6.20 Å². The van der Waals surface area contributed by atoms with E-state index in [0.29, 0.717) is 0 Å². The van der Waals surface area contributed by atoms with Gasteiger partial charge in [0.25, 0.3) is 0 Å². The Bertz CT molecular complexity index is 599. The largest absolute Gasteiger partial charge is 0.494 e. The van der Waals surface area contributed by atoms with E-state index >= 15 is 0 Å². The molecule has 0 radical (unpaired) electrons. The molecule has 2 N–H and O–H groups in total. The highest BCUT2D eigenvalue weighted by molar-refractivity contribution is 6.11. The van der Waals surface area contributed by atoms with Gasteiger partial charge in [0.2, 0.25) is 5.78 Å². The average molecular weight is 246 g/mol. The fourth-order valence-corrected chi connectivity index (χ4v) is 1.58. The number of ketones is 1. The predicted molar refractivity (Wildman–Crippen MR) is 65.0 cm³/mol. The minimum absolute atomic E-state index is 0.00959. The van der Waals surface area contributed by atoms with Crippen LogP contribution < -0.4 is 10.5 Å². The maximum atomic E-state index is 13.9. The Morgan fingerprint density at radius 3 is 2.78 bits per heavy atom. The number of aromatic nitrogens is 1. The minimum Gasteiger partial charge on any atom is -0.494 e. The number of carbonyl (C=O) groups is 1. The molecule has 0 aliphatic rings. The van der Waals surface area contributed by atoms with Crippen LogP contribution in [0.2, 0.25) is 0 Å². The van der Waals surface area contributed by atoms with Crippen molar-refractivity contribution in [1.29, 1.82) is 0 Å². The molecule has 0 aliphatic carbocycles. The van der Waals surface area contributed by atoms with Crippen molar-refractivity contribution in [2.75, 3.05) is 12.8 Å². The average Bonchev–Trinajstić information content (AvgIpc) is 2.39. The molecule has 18 heavy (non-hydrogen) atoms. The van der Waals surface area contributed by atoms with E-state index in [-0.39, 0.29) is 22.7 Å². The summed E-state index contributed by atoms with van der Waals surface area (Å²) >= 11 is 0. The van der Waals surface area contributed by atoms with Gasteiger partial charge >= 0.3 is 0 Å². The van der Waals surface area contributed by atoms with Crippen LogP contribution in [0.3, 0.4) is 0 Å². The number of ether oxygens (including phenoxy) is 1. The van der Waals surface area contributed by atoms with Crippen molar-refractivity contribution >= 4 is 11.5 Å². The molecule has 1 heterocycles. The maximum absolute atomic E-state index is 13.9. The first-order valence-electron chi connectivity index (χ1n) is 5.23. The third-order valence-electron chi connectivity index (χ3n) is 2.48. The van der Waals surface area contributed by atoms with Crippen LogP contribution in [0.5, 0.6) is 5.75 Å². The third-order valence-corrected chi connectivity index (χ3v) is 2.48. The van der Waals surface area contributed by atoms with Crippen LogP contribution in [0.4, 0.5) is 10.1 Å². The molecule has 5 heteroatoms. The molecule has 0 fully saturated rings. The van der Waals surface area contributed by atoms with Crippen molar-refractivity contribution in [2.24, 2.45) is 0 Å². The molecule has 0 atom stereocenters. The van der Waals surface area contributed by atoms with E-state index in [0.717, 1.165) is 0 Å². The van der Waals surface area contributed by atoms with Crippen molar-refractivity contribution in [3.05, 3.63) is 53.6 Å². The summed E-state index contributed by atoms with van der Waals surface area (Å²) in [5.74, 6) is -1.27. The van der Waals surface area contributed by atoms with Gasteiger partial charge in [0.1, 0.15) is 5.69 Å². The van der Waals surface area contributed by atoms with Crippen LogP contribution in [0.25, 0.3) is 0 Å². The maximum Gasteiger partial charge on any atom is 0.216 e. The quantitative estimate of drug-likeness (QED) is 0.842. The fourth-order valence-electron chi connectivity index (χ4n) is 1.58. The van der Waals surface area contributed by atoms with Gasteiger partial charge < -0.3 is 10.5 Å². The Labute approximate surface area is 103 Å². The van der Waals surface area contributed by atoms with E-state index in [1.165, 1.54) is 37.6 Å². The number of nitrogens with zero attached hydrogens (tertiary/aromatic N) is 1. The molecule has 2 aromatic rings. The lowest BCUT2D eigenvalue weighted by atomic mass is 10.1. The summed E-state index contributed by atoms with van der Waals surface area (Å²) in [4.78, 5) is 16.0. The molecule has 0 spiro atoms. The second kappa shape index (κ2) is 4.83. The third kappa shape index (κ3) is 2.02. The number of methoxy groups -OCH3 is 1. The first-order valence-corrected chi connectivity index (χ1v) is 5.23. The van der Waals surface area contributed by atoms with E-state index in [1.807, 2.05) is 0 Å². The lowest BCUT2D eigenvalue weighted by Gasteiger charge is -2.07. The molecule has 0 saturated carbocycles.